The molecular weight excluding hydrogens is 490 g/mol. The molecule has 9 nitrogen and oxygen atoms in total. The third kappa shape index (κ3) is 4.71. The SMILES string of the molecule is CS(=O)(=O)c1ccc2nc(N(CC3CCCO3)C(=O)c3ccc(N4C(=O)CCC4=O)cc3)sc2c1. The van der Waals surface area contributed by atoms with Crippen molar-refractivity contribution in [1.82, 2.24) is 4.98 Å². The lowest BCUT2D eigenvalue weighted by Gasteiger charge is -2.23. The van der Waals surface area contributed by atoms with Crippen molar-refractivity contribution >= 4 is 59.9 Å². The summed E-state index contributed by atoms with van der Waals surface area (Å²) in [6.07, 6.45) is 3.13. The first-order valence-electron chi connectivity index (χ1n) is 11.2. The maximum Gasteiger partial charge on any atom is 0.260 e. The van der Waals surface area contributed by atoms with Crippen LogP contribution in [0.4, 0.5) is 10.8 Å². The van der Waals surface area contributed by atoms with Gasteiger partial charge in [0.15, 0.2) is 15.0 Å². The van der Waals surface area contributed by atoms with Crippen LogP contribution in [-0.2, 0) is 24.2 Å². The van der Waals surface area contributed by atoms with Gasteiger partial charge in [-0.15, -0.1) is 0 Å². The van der Waals surface area contributed by atoms with Crippen LogP contribution in [0.5, 0.6) is 0 Å². The lowest BCUT2D eigenvalue weighted by atomic mass is 10.1. The number of carbonyl (C=O) groups excluding carboxylic acids is 3. The Labute approximate surface area is 206 Å². The third-order valence-corrected chi connectivity index (χ3v) is 8.24. The van der Waals surface area contributed by atoms with E-state index in [1.54, 1.807) is 41.3 Å². The minimum atomic E-state index is -3.38. The highest BCUT2D eigenvalue weighted by Gasteiger charge is 2.31. The maximum absolute atomic E-state index is 13.6. The van der Waals surface area contributed by atoms with E-state index >= 15 is 0 Å². The average Bonchev–Trinajstić information content (AvgIpc) is 3.56. The summed E-state index contributed by atoms with van der Waals surface area (Å²) >= 11 is 1.24. The standard InChI is InChI=1S/C24H23N3O6S2/c1-35(31,32)18-8-9-19-20(13-18)34-24(25-19)26(14-17-3-2-12-33-17)23(30)15-4-6-16(7-5-15)27-21(28)10-11-22(27)29/h4-9,13,17H,2-3,10-12,14H2,1H3. The van der Waals surface area contributed by atoms with Crippen molar-refractivity contribution in [1.29, 1.82) is 0 Å². The zero-order chi connectivity index (χ0) is 24.7. The van der Waals surface area contributed by atoms with E-state index in [2.05, 4.69) is 4.98 Å². The molecule has 11 heteroatoms. The van der Waals surface area contributed by atoms with Gasteiger partial charge in [0.2, 0.25) is 11.8 Å². The van der Waals surface area contributed by atoms with E-state index in [1.165, 1.54) is 17.4 Å². The topological polar surface area (TPSA) is 114 Å². The molecular formula is C24H23N3O6S2. The van der Waals surface area contributed by atoms with Crippen LogP contribution in [0, 0.1) is 0 Å². The number of nitrogens with zero attached hydrogens (tertiary/aromatic N) is 3. The van der Waals surface area contributed by atoms with Gasteiger partial charge in [0.25, 0.3) is 5.91 Å². The van der Waals surface area contributed by atoms with E-state index in [-0.39, 0.29) is 41.6 Å². The largest absolute Gasteiger partial charge is 0.376 e. The van der Waals surface area contributed by atoms with Crippen molar-refractivity contribution in [3.63, 3.8) is 0 Å². The molecule has 5 rings (SSSR count). The lowest BCUT2D eigenvalue weighted by molar-refractivity contribution is -0.121. The first-order chi connectivity index (χ1) is 16.7. The molecule has 1 unspecified atom stereocenters. The molecule has 0 aliphatic carbocycles. The van der Waals surface area contributed by atoms with Gasteiger partial charge in [-0.25, -0.2) is 13.4 Å². The van der Waals surface area contributed by atoms with Crippen LogP contribution >= 0.6 is 11.3 Å². The first-order valence-corrected chi connectivity index (χ1v) is 13.9. The summed E-state index contributed by atoms with van der Waals surface area (Å²) < 4.78 is 30.3. The van der Waals surface area contributed by atoms with Crippen LogP contribution in [0.25, 0.3) is 10.2 Å². The van der Waals surface area contributed by atoms with Crippen molar-refractivity contribution in [2.24, 2.45) is 0 Å². The molecule has 2 aliphatic heterocycles. The predicted molar refractivity (Wildman–Crippen MR) is 132 cm³/mol. The van der Waals surface area contributed by atoms with Gasteiger partial charge >= 0.3 is 0 Å². The molecule has 0 bridgehead atoms. The summed E-state index contributed by atoms with van der Waals surface area (Å²) in [6, 6.07) is 11.1. The highest BCUT2D eigenvalue weighted by atomic mass is 32.2. The number of hydrogen-bond acceptors (Lipinski definition) is 8. The number of carbonyl (C=O) groups is 3. The highest BCUT2D eigenvalue weighted by Crippen LogP contribution is 2.33. The second-order valence-electron chi connectivity index (χ2n) is 8.62. The highest BCUT2D eigenvalue weighted by molar-refractivity contribution is 7.90. The molecule has 2 fully saturated rings. The Bertz CT molecular complexity index is 1410. The van der Waals surface area contributed by atoms with E-state index in [0.717, 1.165) is 24.0 Å². The number of ether oxygens (including phenoxy) is 1. The number of benzene rings is 2. The van der Waals surface area contributed by atoms with Crippen molar-refractivity contribution in [3.8, 4) is 0 Å². The molecule has 1 atom stereocenters. The molecule has 2 aromatic carbocycles. The van der Waals surface area contributed by atoms with E-state index in [1.807, 2.05) is 0 Å². The molecule has 3 amide bonds. The van der Waals surface area contributed by atoms with Gasteiger partial charge < -0.3 is 4.74 Å². The van der Waals surface area contributed by atoms with Crippen LogP contribution in [0.1, 0.15) is 36.0 Å². The molecule has 2 aliphatic rings. The van der Waals surface area contributed by atoms with Crippen LogP contribution in [0.3, 0.4) is 0 Å². The molecule has 3 heterocycles. The number of thiazole rings is 1. The van der Waals surface area contributed by atoms with Gasteiger partial charge in [-0.1, -0.05) is 11.3 Å². The zero-order valence-electron chi connectivity index (χ0n) is 19.0. The second kappa shape index (κ2) is 9.14. The van der Waals surface area contributed by atoms with Gasteiger partial charge in [0, 0.05) is 31.3 Å². The molecule has 35 heavy (non-hydrogen) atoms. The third-order valence-electron chi connectivity index (χ3n) is 6.09. The van der Waals surface area contributed by atoms with Crippen LogP contribution in [-0.4, -0.2) is 56.6 Å². The molecule has 0 radical (unpaired) electrons. The number of imide groups is 1. The molecule has 182 valence electrons. The van der Waals surface area contributed by atoms with Crippen molar-refractivity contribution in [2.45, 2.75) is 36.7 Å². The summed E-state index contributed by atoms with van der Waals surface area (Å²) in [5.41, 5.74) is 1.42. The normalized spacial score (nSPS) is 18.5. The molecule has 2 saturated heterocycles. The minimum absolute atomic E-state index is 0.128. The number of aromatic nitrogens is 1. The monoisotopic (exact) mass is 513 g/mol. The number of amides is 3. The van der Waals surface area contributed by atoms with Crippen molar-refractivity contribution < 1.29 is 27.5 Å². The van der Waals surface area contributed by atoms with Crippen LogP contribution < -0.4 is 9.80 Å². The first kappa shape index (κ1) is 23.6. The summed E-state index contributed by atoms with van der Waals surface area (Å²) in [7, 11) is -3.38. The van der Waals surface area contributed by atoms with Gasteiger partial charge in [0.1, 0.15) is 0 Å². The summed E-state index contributed by atoms with van der Waals surface area (Å²) in [4.78, 5) is 45.2. The van der Waals surface area contributed by atoms with Crippen LogP contribution in [0.2, 0.25) is 0 Å². The Hall–Kier alpha value is -3.15. The van der Waals surface area contributed by atoms with E-state index in [4.69, 9.17) is 4.74 Å². The van der Waals surface area contributed by atoms with Gasteiger partial charge in [-0.2, -0.15) is 0 Å². The fraction of sp³-hybridized carbons (Fsp3) is 0.333. The fourth-order valence-corrected chi connectivity index (χ4v) is 5.99. The van der Waals surface area contributed by atoms with Crippen molar-refractivity contribution in [2.75, 3.05) is 29.2 Å². The fourth-order valence-electron chi connectivity index (χ4n) is 4.25. The molecule has 0 spiro atoms. The number of hydrogen-bond donors (Lipinski definition) is 0. The van der Waals surface area contributed by atoms with Gasteiger partial charge in [-0.05, 0) is 55.3 Å². The smallest absolute Gasteiger partial charge is 0.260 e. The predicted octanol–water partition coefficient (Wildman–Crippen LogP) is 3.18. The molecule has 0 saturated carbocycles. The van der Waals surface area contributed by atoms with E-state index in [0.29, 0.717) is 39.8 Å². The molecule has 3 aromatic rings. The number of sulfone groups is 1. The second-order valence-corrected chi connectivity index (χ2v) is 11.6. The quantitative estimate of drug-likeness (QED) is 0.465. The Morgan fingerprint density at radius 2 is 1.86 bits per heavy atom. The van der Waals surface area contributed by atoms with Crippen LogP contribution in [0.15, 0.2) is 47.4 Å². The average molecular weight is 514 g/mol. The number of rotatable bonds is 6. The Kier molecular flexibility index (Phi) is 6.16. The summed E-state index contributed by atoms with van der Waals surface area (Å²) in [5.74, 6) is -0.803. The Morgan fingerprint density at radius 1 is 1.14 bits per heavy atom. The van der Waals surface area contributed by atoms with Gasteiger partial charge in [-0.3, -0.25) is 24.2 Å². The van der Waals surface area contributed by atoms with E-state index < -0.39 is 9.84 Å². The number of anilines is 2. The summed E-state index contributed by atoms with van der Waals surface area (Å²) in [6.45, 7) is 0.944. The maximum atomic E-state index is 13.6. The zero-order valence-corrected chi connectivity index (χ0v) is 20.6. The van der Waals surface area contributed by atoms with Crippen molar-refractivity contribution in [3.05, 3.63) is 48.0 Å². The Morgan fingerprint density at radius 3 is 2.49 bits per heavy atom. The number of fused-ring (bicyclic) bond motifs is 1. The Balaban J connectivity index is 1.47. The van der Waals surface area contributed by atoms with E-state index in [9.17, 15) is 22.8 Å². The molecule has 1 aromatic heterocycles. The molecule has 0 N–H and O–H groups in total. The lowest BCUT2D eigenvalue weighted by Crippen LogP contribution is -2.37. The minimum Gasteiger partial charge on any atom is -0.376 e. The van der Waals surface area contributed by atoms with Gasteiger partial charge in [0.05, 0.1) is 33.4 Å². The summed E-state index contributed by atoms with van der Waals surface area (Å²) in [5, 5.41) is 0.445.